The third kappa shape index (κ3) is 10.0. The molecule has 0 aromatic carbocycles. The lowest BCUT2D eigenvalue weighted by Crippen LogP contribution is -2.50. The minimum Gasteiger partial charge on any atom is -0.374 e. The zero-order valence-electron chi connectivity index (χ0n) is 16.9. The molecular weight excluding hydrogens is 374 g/mol. The van der Waals surface area contributed by atoms with E-state index in [4.69, 9.17) is 26.6 Å². The molecule has 0 saturated heterocycles. The Morgan fingerprint density at radius 1 is 0.692 bits per heavy atom. The molecule has 0 bridgehead atoms. The molecule has 0 radical (unpaired) electrons. The van der Waals surface area contributed by atoms with Crippen molar-refractivity contribution in [3.8, 4) is 0 Å². The van der Waals surface area contributed by atoms with Gasteiger partial charge in [-0.25, -0.2) is 9.79 Å². The van der Waals surface area contributed by atoms with Gasteiger partial charge in [-0.2, -0.15) is 0 Å². The fourth-order valence-electron chi connectivity index (χ4n) is 2.53. The van der Waals surface area contributed by atoms with Crippen LogP contribution in [0.2, 0.25) is 12.1 Å². The van der Waals surface area contributed by atoms with Crippen molar-refractivity contribution in [1.29, 1.82) is 0 Å². The average molecular weight is 410 g/mol. The zero-order valence-corrected chi connectivity index (χ0v) is 18.9. The van der Waals surface area contributed by atoms with Crippen LogP contribution in [0.25, 0.3) is 0 Å². The van der Waals surface area contributed by atoms with Crippen LogP contribution in [0.1, 0.15) is 41.0 Å². The summed E-state index contributed by atoms with van der Waals surface area (Å²) in [6.45, 7) is 12.9. The number of rotatable bonds is 18. The largest absolute Gasteiger partial charge is 0.503 e. The highest BCUT2D eigenvalue weighted by Gasteiger charge is 2.44. The summed E-state index contributed by atoms with van der Waals surface area (Å²) < 4.78 is 35.5. The monoisotopic (exact) mass is 409 g/mol. The maximum Gasteiger partial charge on any atom is 0.503 e. The first-order valence-electron chi connectivity index (χ1n) is 9.44. The lowest BCUT2D eigenvalue weighted by Gasteiger charge is -2.32. The van der Waals surface area contributed by atoms with Crippen molar-refractivity contribution in [2.24, 2.45) is 4.99 Å². The van der Waals surface area contributed by atoms with Crippen LogP contribution in [0.3, 0.4) is 0 Å². The first kappa shape index (κ1) is 25.6. The highest BCUT2D eigenvalue weighted by Crippen LogP contribution is 2.22. The smallest absolute Gasteiger partial charge is 0.374 e. The van der Waals surface area contributed by atoms with Gasteiger partial charge in [0, 0.05) is 51.7 Å². The number of hydrogen-bond acceptors (Lipinski definition) is 8. The van der Waals surface area contributed by atoms with Crippen LogP contribution in [0, 0.1) is 0 Å². The fourth-order valence-corrected chi connectivity index (χ4v) is 7.66. The minimum absolute atomic E-state index is 0.370. The van der Waals surface area contributed by atoms with Gasteiger partial charge in [0.25, 0.3) is 0 Å². The van der Waals surface area contributed by atoms with Crippen molar-refractivity contribution in [2.75, 3.05) is 46.2 Å². The summed E-state index contributed by atoms with van der Waals surface area (Å²) in [7, 11) is -5.62. The van der Waals surface area contributed by atoms with Gasteiger partial charge in [-0.1, -0.05) is 0 Å². The maximum absolute atomic E-state index is 10.2. The Morgan fingerprint density at radius 2 is 1.12 bits per heavy atom. The normalized spacial score (nSPS) is 12.2. The standard InChI is InChI=1S/C16H35NO7Si2/c1-6-19-25(20-7-2,14-11-12-17-16-18)24-13-15-26(21-8-3,22-9-4)23-10-5/h6-15H2,1-5H3. The van der Waals surface area contributed by atoms with E-state index in [2.05, 4.69) is 4.99 Å². The van der Waals surface area contributed by atoms with E-state index in [0.29, 0.717) is 64.7 Å². The maximum atomic E-state index is 10.2. The number of carbonyl (C=O) groups excluding carboxylic acids is 1. The lowest BCUT2D eigenvalue weighted by molar-refractivity contribution is 0.0491. The predicted molar refractivity (Wildman–Crippen MR) is 103 cm³/mol. The zero-order chi connectivity index (χ0) is 19.7. The van der Waals surface area contributed by atoms with Gasteiger partial charge in [-0.3, -0.25) is 0 Å². The molecule has 0 aliphatic heterocycles. The van der Waals surface area contributed by atoms with Crippen molar-refractivity contribution in [1.82, 2.24) is 0 Å². The lowest BCUT2D eigenvalue weighted by atomic mass is 10.5. The molecule has 8 nitrogen and oxygen atoms in total. The van der Waals surface area contributed by atoms with Crippen LogP contribution in [0.5, 0.6) is 0 Å². The van der Waals surface area contributed by atoms with Crippen molar-refractivity contribution < 1.29 is 31.4 Å². The van der Waals surface area contributed by atoms with Crippen molar-refractivity contribution in [2.45, 2.75) is 53.1 Å². The molecule has 0 aliphatic carbocycles. The van der Waals surface area contributed by atoms with Crippen LogP contribution >= 0.6 is 0 Å². The van der Waals surface area contributed by atoms with Crippen molar-refractivity contribution in [3.63, 3.8) is 0 Å². The third-order valence-electron chi connectivity index (χ3n) is 3.37. The number of nitrogens with zero attached hydrogens (tertiary/aromatic N) is 1. The number of aliphatic imine (C=N–C) groups is 1. The molecule has 0 heterocycles. The summed E-state index contributed by atoms with van der Waals surface area (Å²) in [4.78, 5) is 13.8. The molecule has 0 rings (SSSR count). The van der Waals surface area contributed by atoms with Crippen LogP contribution in [-0.2, 0) is 31.4 Å². The highest BCUT2D eigenvalue weighted by molar-refractivity contribution is 6.62. The SMILES string of the molecule is CCO[Si](CCO[Si](CCCN=C=O)(OCC)OCC)(OCC)OCC. The molecule has 26 heavy (non-hydrogen) atoms. The van der Waals surface area contributed by atoms with Crippen LogP contribution in [-0.4, -0.2) is 69.9 Å². The molecule has 0 amide bonds. The fraction of sp³-hybridized carbons (Fsp3) is 0.938. The summed E-state index contributed by atoms with van der Waals surface area (Å²) in [6, 6.07) is 1.12. The first-order valence-corrected chi connectivity index (χ1v) is 13.3. The van der Waals surface area contributed by atoms with E-state index < -0.39 is 17.6 Å². The van der Waals surface area contributed by atoms with Gasteiger partial charge in [0.15, 0.2) is 0 Å². The molecule has 0 aromatic rings. The van der Waals surface area contributed by atoms with E-state index in [1.807, 2.05) is 34.6 Å². The topological polar surface area (TPSA) is 84.8 Å². The van der Waals surface area contributed by atoms with E-state index in [0.717, 1.165) is 0 Å². The summed E-state index contributed by atoms with van der Waals surface area (Å²) in [6.07, 6.45) is 2.19. The van der Waals surface area contributed by atoms with Crippen molar-refractivity contribution >= 4 is 23.7 Å². The molecule has 0 N–H and O–H groups in total. The van der Waals surface area contributed by atoms with Gasteiger partial charge in [-0.05, 0) is 41.0 Å². The second-order valence-electron chi connectivity index (χ2n) is 5.21. The summed E-state index contributed by atoms with van der Waals surface area (Å²) >= 11 is 0. The molecular formula is C16H35NO7Si2. The van der Waals surface area contributed by atoms with Gasteiger partial charge in [-0.15, -0.1) is 0 Å². The van der Waals surface area contributed by atoms with E-state index in [9.17, 15) is 4.79 Å². The Kier molecular flexibility index (Phi) is 15.4. The molecule has 154 valence electrons. The van der Waals surface area contributed by atoms with Crippen LogP contribution in [0.15, 0.2) is 4.99 Å². The van der Waals surface area contributed by atoms with Crippen LogP contribution < -0.4 is 0 Å². The molecule has 0 aromatic heterocycles. The Labute approximate surface area is 159 Å². The number of isocyanates is 1. The highest BCUT2D eigenvalue weighted by atomic mass is 28.4. The van der Waals surface area contributed by atoms with E-state index >= 15 is 0 Å². The molecule has 0 spiro atoms. The van der Waals surface area contributed by atoms with E-state index in [1.165, 1.54) is 0 Å². The van der Waals surface area contributed by atoms with Crippen LogP contribution in [0.4, 0.5) is 0 Å². The molecule has 10 heteroatoms. The Hall–Kier alpha value is -0.426. The first-order chi connectivity index (χ1) is 12.6. The molecule has 0 aliphatic rings. The molecule has 0 saturated carbocycles. The Balaban J connectivity index is 4.96. The van der Waals surface area contributed by atoms with Gasteiger partial charge in [0.2, 0.25) is 6.08 Å². The Bertz CT molecular complexity index is 372. The minimum atomic E-state index is -2.85. The van der Waals surface area contributed by atoms with Gasteiger partial charge < -0.3 is 26.6 Å². The van der Waals surface area contributed by atoms with Gasteiger partial charge in [0.1, 0.15) is 0 Å². The predicted octanol–water partition coefficient (Wildman–Crippen LogP) is 2.79. The summed E-state index contributed by atoms with van der Waals surface area (Å²) in [5.41, 5.74) is 0. The quantitative estimate of drug-likeness (QED) is 0.149. The average Bonchev–Trinajstić information content (AvgIpc) is 2.60. The summed E-state index contributed by atoms with van der Waals surface area (Å²) in [5, 5.41) is 0. The second kappa shape index (κ2) is 15.6. The van der Waals surface area contributed by atoms with Gasteiger partial charge in [0.05, 0.1) is 6.54 Å². The number of hydrogen-bond donors (Lipinski definition) is 0. The third-order valence-corrected chi connectivity index (χ3v) is 9.44. The van der Waals surface area contributed by atoms with E-state index in [1.54, 1.807) is 6.08 Å². The van der Waals surface area contributed by atoms with Crippen molar-refractivity contribution in [3.05, 3.63) is 0 Å². The molecule has 0 atom stereocenters. The second-order valence-corrected chi connectivity index (χ2v) is 10.7. The molecule has 0 fully saturated rings. The molecule has 0 unspecified atom stereocenters. The van der Waals surface area contributed by atoms with E-state index in [-0.39, 0.29) is 0 Å². The van der Waals surface area contributed by atoms with Gasteiger partial charge >= 0.3 is 17.6 Å². The summed E-state index contributed by atoms with van der Waals surface area (Å²) in [5.74, 6) is 0. The Morgan fingerprint density at radius 3 is 1.50 bits per heavy atom.